The van der Waals surface area contributed by atoms with Crippen LogP contribution in [0.3, 0.4) is 0 Å². The molecule has 5 nitrogen and oxygen atoms in total. The summed E-state index contributed by atoms with van der Waals surface area (Å²) in [5, 5.41) is 3.10. The molecule has 0 aliphatic carbocycles. The van der Waals surface area contributed by atoms with Crippen molar-refractivity contribution in [2.24, 2.45) is 0 Å². The number of carbonyl (C=O) groups is 1. The van der Waals surface area contributed by atoms with Crippen molar-refractivity contribution in [3.05, 3.63) is 30.1 Å². The fraction of sp³-hybridized carbons (Fsp3) is 0.684. The van der Waals surface area contributed by atoms with Crippen molar-refractivity contribution in [2.75, 3.05) is 26.2 Å². The number of hydrogen-bond acceptors (Lipinski definition) is 3. The second-order valence-electron chi connectivity index (χ2n) is 6.60. The molecule has 1 saturated heterocycles. The minimum Gasteiger partial charge on any atom is -0.338 e. The van der Waals surface area contributed by atoms with Gasteiger partial charge in [-0.25, -0.2) is 4.79 Å². The molecule has 1 atom stereocenters. The van der Waals surface area contributed by atoms with Crippen LogP contribution in [0, 0.1) is 0 Å². The van der Waals surface area contributed by atoms with Gasteiger partial charge in [-0.05, 0) is 50.0 Å². The van der Waals surface area contributed by atoms with Crippen LogP contribution in [-0.4, -0.2) is 53.0 Å². The summed E-state index contributed by atoms with van der Waals surface area (Å²) in [6, 6.07) is 4.52. The van der Waals surface area contributed by atoms with Gasteiger partial charge in [-0.2, -0.15) is 0 Å². The lowest BCUT2D eigenvalue weighted by atomic mass is 10.2. The molecular weight excluding hydrogens is 300 g/mol. The molecule has 0 spiro atoms. The third-order valence-electron chi connectivity index (χ3n) is 4.80. The first-order chi connectivity index (χ1) is 11.7. The van der Waals surface area contributed by atoms with Crippen molar-refractivity contribution in [2.45, 2.75) is 58.5 Å². The highest BCUT2D eigenvalue weighted by atomic mass is 16.2. The number of urea groups is 1. The topological polar surface area (TPSA) is 48.5 Å². The van der Waals surface area contributed by atoms with Crippen LogP contribution in [0.2, 0.25) is 0 Å². The van der Waals surface area contributed by atoms with Crippen molar-refractivity contribution in [1.29, 1.82) is 0 Å². The number of hydrogen-bond donors (Lipinski definition) is 1. The standard InChI is InChI=1S/C19H32N4O/c1-3-5-6-11-21-19(24)23(15-17-9-12-20-13-10-17)16-18-8-7-14-22(18)4-2/h9-10,12-13,18H,3-8,11,14-16H2,1-2H3,(H,21,24)/t18-/m0/s1. The Kier molecular flexibility index (Phi) is 8.02. The summed E-state index contributed by atoms with van der Waals surface area (Å²) in [5.41, 5.74) is 1.13. The van der Waals surface area contributed by atoms with Crippen molar-refractivity contribution in [3.63, 3.8) is 0 Å². The minimum atomic E-state index is 0.0610. The van der Waals surface area contributed by atoms with Crippen LogP contribution in [0.15, 0.2) is 24.5 Å². The Balaban J connectivity index is 1.96. The molecule has 1 aliphatic heterocycles. The van der Waals surface area contributed by atoms with Crippen LogP contribution in [0.25, 0.3) is 0 Å². The van der Waals surface area contributed by atoms with Gasteiger partial charge in [0.15, 0.2) is 0 Å². The number of rotatable bonds is 9. The Morgan fingerprint density at radius 1 is 1.33 bits per heavy atom. The number of likely N-dealkylation sites (N-methyl/N-ethyl adjacent to an activating group) is 1. The molecule has 24 heavy (non-hydrogen) atoms. The van der Waals surface area contributed by atoms with E-state index in [0.29, 0.717) is 12.6 Å². The highest BCUT2D eigenvalue weighted by molar-refractivity contribution is 5.74. The maximum atomic E-state index is 12.7. The first-order valence-corrected chi connectivity index (χ1v) is 9.40. The van der Waals surface area contributed by atoms with E-state index in [9.17, 15) is 4.79 Å². The number of carbonyl (C=O) groups excluding carboxylic acids is 1. The number of likely N-dealkylation sites (tertiary alicyclic amines) is 1. The molecule has 0 unspecified atom stereocenters. The van der Waals surface area contributed by atoms with Gasteiger partial charge in [-0.15, -0.1) is 0 Å². The molecule has 1 aromatic heterocycles. The summed E-state index contributed by atoms with van der Waals surface area (Å²) in [4.78, 5) is 21.2. The van der Waals surface area contributed by atoms with E-state index in [0.717, 1.165) is 44.6 Å². The van der Waals surface area contributed by atoms with E-state index >= 15 is 0 Å². The number of pyridine rings is 1. The molecular formula is C19H32N4O. The van der Waals surface area contributed by atoms with E-state index < -0.39 is 0 Å². The quantitative estimate of drug-likeness (QED) is 0.706. The summed E-state index contributed by atoms with van der Waals surface area (Å²) < 4.78 is 0. The van der Waals surface area contributed by atoms with Crippen LogP contribution < -0.4 is 5.32 Å². The molecule has 2 rings (SSSR count). The highest BCUT2D eigenvalue weighted by Gasteiger charge is 2.27. The SMILES string of the molecule is CCCCCNC(=O)N(Cc1ccncc1)C[C@@H]1CCCN1CC. The summed E-state index contributed by atoms with van der Waals surface area (Å²) >= 11 is 0. The molecule has 134 valence electrons. The normalized spacial score (nSPS) is 17.8. The average molecular weight is 332 g/mol. The van der Waals surface area contributed by atoms with Crippen LogP contribution >= 0.6 is 0 Å². The molecule has 2 amide bonds. The Morgan fingerprint density at radius 3 is 2.83 bits per heavy atom. The van der Waals surface area contributed by atoms with Gasteiger partial charge in [0.1, 0.15) is 0 Å². The number of aromatic nitrogens is 1. The zero-order chi connectivity index (χ0) is 17.2. The van der Waals surface area contributed by atoms with Crippen molar-refractivity contribution in [3.8, 4) is 0 Å². The molecule has 2 heterocycles. The van der Waals surface area contributed by atoms with Gasteiger partial charge < -0.3 is 10.2 Å². The van der Waals surface area contributed by atoms with E-state index in [-0.39, 0.29) is 6.03 Å². The number of nitrogens with one attached hydrogen (secondary N) is 1. The monoisotopic (exact) mass is 332 g/mol. The van der Waals surface area contributed by atoms with Gasteiger partial charge >= 0.3 is 6.03 Å². The summed E-state index contributed by atoms with van der Waals surface area (Å²) in [7, 11) is 0. The number of amides is 2. The third kappa shape index (κ3) is 5.78. The zero-order valence-electron chi connectivity index (χ0n) is 15.2. The van der Waals surface area contributed by atoms with Gasteiger partial charge in [0.2, 0.25) is 0 Å². The summed E-state index contributed by atoms with van der Waals surface area (Å²) in [6.45, 7) is 8.81. The van der Waals surface area contributed by atoms with Crippen molar-refractivity contribution in [1.82, 2.24) is 20.1 Å². The summed E-state index contributed by atoms with van der Waals surface area (Å²) in [5.74, 6) is 0. The molecule has 0 aromatic carbocycles. The molecule has 1 aliphatic rings. The largest absolute Gasteiger partial charge is 0.338 e. The van der Waals surface area contributed by atoms with Gasteiger partial charge in [0.05, 0.1) is 0 Å². The van der Waals surface area contributed by atoms with Crippen LogP contribution in [0.4, 0.5) is 4.79 Å². The van der Waals surface area contributed by atoms with E-state index in [1.807, 2.05) is 17.0 Å². The number of nitrogens with zero attached hydrogens (tertiary/aromatic N) is 3. The molecule has 5 heteroatoms. The summed E-state index contributed by atoms with van der Waals surface area (Å²) in [6.07, 6.45) is 9.39. The maximum Gasteiger partial charge on any atom is 0.317 e. The van der Waals surface area contributed by atoms with Gasteiger partial charge in [0.25, 0.3) is 0 Å². The molecule has 1 aromatic rings. The van der Waals surface area contributed by atoms with Crippen molar-refractivity contribution < 1.29 is 4.79 Å². The van der Waals surface area contributed by atoms with Crippen LogP contribution in [0.5, 0.6) is 0 Å². The van der Waals surface area contributed by atoms with Gasteiger partial charge in [0, 0.05) is 38.1 Å². The lowest BCUT2D eigenvalue weighted by molar-refractivity contribution is 0.164. The molecule has 0 bridgehead atoms. The van der Waals surface area contributed by atoms with Crippen LogP contribution in [0.1, 0.15) is 51.5 Å². The number of unbranched alkanes of at least 4 members (excludes halogenated alkanes) is 2. The second kappa shape index (κ2) is 10.3. The smallest absolute Gasteiger partial charge is 0.317 e. The Labute approximate surface area is 146 Å². The first kappa shape index (κ1) is 18.7. The molecule has 0 saturated carbocycles. The molecule has 1 fully saturated rings. The minimum absolute atomic E-state index is 0.0610. The maximum absolute atomic E-state index is 12.7. The Morgan fingerprint density at radius 2 is 2.12 bits per heavy atom. The zero-order valence-corrected chi connectivity index (χ0v) is 15.2. The van der Waals surface area contributed by atoms with Crippen LogP contribution in [-0.2, 0) is 6.54 Å². The van der Waals surface area contributed by atoms with Crippen molar-refractivity contribution >= 4 is 6.03 Å². The predicted molar refractivity (Wildman–Crippen MR) is 97.8 cm³/mol. The third-order valence-corrected chi connectivity index (χ3v) is 4.80. The average Bonchev–Trinajstić information content (AvgIpc) is 3.06. The van der Waals surface area contributed by atoms with E-state index in [2.05, 4.69) is 29.0 Å². The van der Waals surface area contributed by atoms with Gasteiger partial charge in [-0.1, -0.05) is 26.7 Å². The fourth-order valence-corrected chi connectivity index (χ4v) is 3.38. The fourth-order valence-electron chi connectivity index (χ4n) is 3.38. The highest BCUT2D eigenvalue weighted by Crippen LogP contribution is 2.18. The lowest BCUT2D eigenvalue weighted by Crippen LogP contribution is -2.46. The predicted octanol–water partition coefficient (Wildman–Crippen LogP) is 3.27. The first-order valence-electron chi connectivity index (χ1n) is 9.40. The van der Waals surface area contributed by atoms with E-state index in [1.165, 1.54) is 19.3 Å². The van der Waals surface area contributed by atoms with E-state index in [4.69, 9.17) is 0 Å². The Hall–Kier alpha value is -1.62. The van der Waals surface area contributed by atoms with Gasteiger partial charge in [-0.3, -0.25) is 9.88 Å². The molecule has 0 radical (unpaired) electrons. The van der Waals surface area contributed by atoms with E-state index in [1.54, 1.807) is 12.4 Å². The second-order valence-corrected chi connectivity index (χ2v) is 6.60. The Bertz CT molecular complexity index is 480. The lowest BCUT2D eigenvalue weighted by Gasteiger charge is -2.30. The molecule has 1 N–H and O–H groups in total.